The lowest BCUT2D eigenvalue weighted by molar-refractivity contribution is 0.0981. The van der Waals surface area contributed by atoms with Gasteiger partial charge in [-0.1, -0.05) is 23.2 Å². The highest BCUT2D eigenvalue weighted by atomic mass is 35.5. The minimum atomic E-state index is -0.417. The zero-order valence-electron chi connectivity index (χ0n) is 16.4. The summed E-state index contributed by atoms with van der Waals surface area (Å²) in [7, 11) is 3.07. The zero-order chi connectivity index (χ0) is 21.2. The van der Waals surface area contributed by atoms with Gasteiger partial charge in [0.25, 0.3) is 5.56 Å². The molecule has 0 saturated carbocycles. The molecule has 10 heteroatoms. The average Bonchev–Trinajstić information content (AvgIpc) is 3.42. The van der Waals surface area contributed by atoms with Crippen LogP contribution < -0.4 is 11.2 Å². The van der Waals surface area contributed by atoms with Gasteiger partial charge in [-0.05, 0) is 31.0 Å². The number of imidazole rings is 2. The fourth-order valence-corrected chi connectivity index (χ4v) is 4.60. The van der Waals surface area contributed by atoms with Gasteiger partial charge in [-0.15, -0.1) is 0 Å². The van der Waals surface area contributed by atoms with Crippen molar-refractivity contribution in [2.75, 3.05) is 6.61 Å². The molecule has 0 amide bonds. The number of hydrogen-bond donors (Lipinski definition) is 0. The van der Waals surface area contributed by atoms with E-state index >= 15 is 0 Å². The molecule has 0 aliphatic carbocycles. The van der Waals surface area contributed by atoms with Gasteiger partial charge in [-0.3, -0.25) is 18.3 Å². The Balaban J connectivity index is 1.85. The van der Waals surface area contributed by atoms with E-state index in [1.807, 2.05) is 16.8 Å². The number of fused-ring (bicyclic) bond motifs is 3. The normalized spacial score (nSPS) is 16.9. The highest BCUT2D eigenvalue weighted by molar-refractivity contribution is 6.36. The van der Waals surface area contributed by atoms with Crippen LogP contribution >= 0.6 is 23.2 Å². The number of nitrogens with zero attached hydrogens (tertiary/aromatic N) is 5. The van der Waals surface area contributed by atoms with Crippen molar-refractivity contribution in [1.82, 2.24) is 23.1 Å². The van der Waals surface area contributed by atoms with Crippen LogP contribution in [0.4, 0.5) is 0 Å². The summed E-state index contributed by atoms with van der Waals surface area (Å²) in [5.41, 5.74) is 1.44. The fourth-order valence-electron chi connectivity index (χ4n) is 4.10. The predicted octanol–water partition coefficient (Wildman–Crippen LogP) is 2.84. The van der Waals surface area contributed by atoms with E-state index < -0.39 is 11.2 Å². The summed E-state index contributed by atoms with van der Waals surface area (Å²) in [6, 6.07) is 5.31. The van der Waals surface area contributed by atoms with Crippen LogP contribution in [0.5, 0.6) is 0 Å². The Hall–Kier alpha value is -2.55. The van der Waals surface area contributed by atoms with Crippen LogP contribution in [0.1, 0.15) is 12.8 Å². The molecule has 1 aromatic carbocycles. The van der Waals surface area contributed by atoms with Crippen LogP contribution in [-0.4, -0.2) is 35.8 Å². The van der Waals surface area contributed by atoms with Crippen molar-refractivity contribution >= 4 is 40.1 Å². The van der Waals surface area contributed by atoms with Crippen LogP contribution in [0.3, 0.4) is 0 Å². The molecule has 8 nitrogen and oxygen atoms in total. The number of aromatic nitrogens is 5. The summed E-state index contributed by atoms with van der Waals surface area (Å²) in [4.78, 5) is 29.9. The Morgan fingerprint density at radius 3 is 2.70 bits per heavy atom. The van der Waals surface area contributed by atoms with Gasteiger partial charge in [0, 0.05) is 37.5 Å². The molecular formula is C20H19Cl2N5O3. The number of halogens is 2. The molecule has 1 saturated heterocycles. The molecule has 4 aromatic rings. The minimum Gasteiger partial charge on any atom is -0.376 e. The SMILES string of the molecule is Cn1c(=O)c2c(nc3n(CC4CCCO4)c(-c4ccc(Cl)cc4Cl)cn23)n(C)c1=O. The number of ether oxygens (including phenoxy) is 1. The molecule has 0 bridgehead atoms. The van der Waals surface area contributed by atoms with E-state index in [4.69, 9.17) is 27.9 Å². The first-order chi connectivity index (χ1) is 14.4. The zero-order valence-corrected chi connectivity index (χ0v) is 17.9. The second-order valence-corrected chi connectivity index (χ2v) is 8.39. The second kappa shape index (κ2) is 7.01. The van der Waals surface area contributed by atoms with Gasteiger partial charge in [0.2, 0.25) is 5.78 Å². The molecule has 0 spiro atoms. The van der Waals surface area contributed by atoms with E-state index in [0.717, 1.165) is 35.3 Å². The lowest BCUT2D eigenvalue weighted by Crippen LogP contribution is -2.37. The molecular weight excluding hydrogens is 429 g/mol. The van der Waals surface area contributed by atoms with Gasteiger partial charge in [0.15, 0.2) is 11.2 Å². The van der Waals surface area contributed by atoms with Gasteiger partial charge >= 0.3 is 5.69 Å². The summed E-state index contributed by atoms with van der Waals surface area (Å²) in [6.45, 7) is 1.28. The van der Waals surface area contributed by atoms with Crippen molar-refractivity contribution in [3.05, 3.63) is 55.3 Å². The van der Waals surface area contributed by atoms with Crippen molar-refractivity contribution in [1.29, 1.82) is 0 Å². The van der Waals surface area contributed by atoms with Crippen LogP contribution in [-0.2, 0) is 25.4 Å². The summed E-state index contributed by atoms with van der Waals surface area (Å²) in [5, 5.41) is 1.04. The molecule has 4 heterocycles. The largest absolute Gasteiger partial charge is 0.376 e. The van der Waals surface area contributed by atoms with Gasteiger partial charge in [0.05, 0.1) is 23.4 Å². The Morgan fingerprint density at radius 2 is 2.00 bits per heavy atom. The highest BCUT2D eigenvalue weighted by Gasteiger charge is 2.25. The van der Waals surface area contributed by atoms with Crippen LogP contribution in [0.25, 0.3) is 28.2 Å². The Kier molecular flexibility index (Phi) is 4.53. The minimum absolute atomic E-state index is 0.0393. The fraction of sp³-hybridized carbons (Fsp3) is 0.350. The first-order valence-electron chi connectivity index (χ1n) is 9.61. The van der Waals surface area contributed by atoms with E-state index in [2.05, 4.69) is 4.98 Å². The second-order valence-electron chi connectivity index (χ2n) is 7.54. The lowest BCUT2D eigenvalue weighted by Gasteiger charge is -2.14. The Labute approximate surface area is 180 Å². The third-order valence-electron chi connectivity index (χ3n) is 5.67. The number of aryl methyl sites for hydroxylation is 1. The van der Waals surface area contributed by atoms with Crippen LogP contribution in [0.15, 0.2) is 34.0 Å². The molecule has 1 aliphatic rings. The lowest BCUT2D eigenvalue weighted by atomic mass is 10.1. The van der Waals surface area contributed by atoms with E-state index in [9.17, 15) is 9.59 Å². The molecule has 156 valence electrons. The van der Waals surface area contributed by atoms with E-state index in [1.54, 1.807) is 23.6 Å². The standard InChI is InChI=1S/C20H19Cl2N5O3/c1-24-17-16(18(28)25(2)20(24)29)27-10-15(13-6-5-11(21)8-14(13)22)26(19(27)23-17)9-12-4-3-7-30-12/h5-6,8,10,12H,3-4,7,9H2,1-2H3. The third-order valence-corrected chi connectivity index (χ3v) is 6.22. The molecule has 3 aromatic heterocycles. The Morgan fingerprint density at radius 1 is 1.20 bits per heavy atom. The average molecular weight is 448 g/mol. The predicted molar refractivity (Wildman–Crippen MR) is 116 cm³/mol. The number of hydrogen-bond acceptors (Lipinski definition) is 4. The topological polar surface area (TPSA) is 75.5 Å². The molecule has 5 rings (SSSR count). The quantitative estimate of drug-likeness (QED) is 0.483. The van der Waals surface area contributed by atoms with Gasteiger partial charge in [-0.25, -0.2) is 4.79 Å². The van der Waals surface area contributed by atoms with Crippen molar-refractivity contribution < 1.29 is 4.74 Å². The van der Waals surface area contributed by atoms with Gasteiger partial charge < -0.3 is 9.30 Å². The molecule has 0 radical (unpaired) electrons. The maximum atomic E-state index is 12.9. The van der Waals surface area contributed by atoms with Crippen molar-refractivity contribution in [3.8, 4) is 11.3 Å². The number of benzene rings is 1. The summed E-state index contributed by atoms with van der Waals surface area (Å²) < 4.78 is 12.0. The van der Waals surface area contributed by atoms with Crippen molar-refractivity contribution in [2.45, 2.75) is 25.5 Å². The van der Waals surface area contributed by atoms with E-state index in [0.29, 0.717) is 33.5 Å². The van der Waals surface area contributed by atoms with Crippen molar-refractivity contribution in [3.63, 3.8) is 0 Å². The van der Waals surface area contributed by atoms with Crippen LogP contribution in [0, 0.1) is 0 Å². The van der Waals surface area contributed by atoms with E-state index in [-0.39, 0.29) is 6.10 Å². The summed E-state index contributed by atoms with van der Waals surface area (Å²) in [6.07, 6.45) is 3.82. The first kappa shape index (κ1) is 19.4. The van der Waals surface area contributed by atoms with E-state index in [1.165, 1.54) is 11.6 Å². The van der Waals surface area contributed by atoms with Gasteiger partial charge in [-0.2, -0.15) is 4.98 Å². The first-order valence-corrected chi connectivity index (χ1v) is 10.4. The highest BCUT2D eigenvalue weighted by Crippen LogP contribution is 2.33. The Bertz CT molecular complexity index is 1420. The number of rotatable bonds is 3. The maximum Gasteiger partial charge on any atom is 0.332 e. The van der Waals surface area contributed by atoms with Crippen LogP contribution in [0.2, 0.25) is 10.0 Å². The molecule has 0 N–H and O–H groups in total. The van der Waals surface area contributed by atoms with Gasteiger partial charge in [0.1, 0.15) is 0 Å². The smallest absolute Gasteiger partial charge is 0.332 e. The third kappa shape index (κ3) is 2.82. The summed E-state index contributed by atoms with van der Waals surface area (Å²) >= 11 is 12.6. The maximum absolute atomic E-state index is 12.9. The molecule has 1 atom stereocenters. The van der Waals surface area contributed by atoms with Crippen molar-refractivity contribution in [2.24, 2.45) is 14.1 Å². The monoisotopic (exact) mass is 447 g/mol. The molecule has 30 heavy (non-hydrogen) atoms. The summed E-state index contributed by atoms with van der Waals surface area (Å²) in [5.74, 6) is 0.555. The molecule has 1 unspecified atom stereocenters. The molecule has 1 aliphatic heterocycles. The molecule has 1 fully saturated rings.